The molecule has 3 heterocycles. The second-order valence-electron chi connectivity index (χ2n) is 17.6. The van der Waals surface area contributed by atoms with Gasteiger partial charge in [0.25, 0.3) is 0 Å². The fourth-order valence-corrected chi connectivity index (χ4v) is 15.5. The molecule has 292 valence electrons. The predicted molar refractivity (Wildman–Crippen MR) is 258 cm³/mol. The third-order valence-electron chi connectivity index (χ3n) is 13.9. The van der Waals surface area contributed by atoms with E-state index in [4.69, 9.17) is 0 Å². The maximum absolute atomic E-state index is 2.56. The summed E-state index contributed by atoms with van der Waals surface area (Å²) in [5.41, 5.74) is 18.1. The van der Waals surface area contributed by atoms with Crippen LogP contribution >= 0.6 is 10.0 Å². The van der Waals surface area contributed by atoms with E-state index in [2.05, 4.69) is 206 Å². The normalized spacial score (nSPS) is 18.2. The second kappa shape index (κ2) is 13.6. The summed E-state index contributed by atoms with van der Waals surface area (Å²) in [4.78, 5) is 8.19. The van der Waals surface area contributed by atoms with Crippen LogP contribution in [-0.4, -0.2) is 11.5 Å². The second-order valence-corrected chi connectivity index (χ2v) is 21.0. The molecule has 2 nitrogen and oxygen atoms in total. The highest BCUT2D eigenvalue weighted by atomic mass is 32.3. The quantitative estimate of drug-likeness (QED) is 0.164. The molecule has 0 saturated carbocycles. The SMILES string of the molecule is CC1(C)c2cc(C=Cc3ccc(N4C5=C(C=Cc6ccccc64)CCC=C5)c4ccccc34)ccc2-c2ccc(N3c4ccccc4S4(CCCC4)c4ccccc43)cc21. The summed E-state index contributed by atoms with van der Waals surface area (Å²) >= 11 is 0. The van der Waals surface area contributed by atoms with Gasteiger partial charge < -0.3 is 9.80 Å². The van der Waals surface area contributed by atoms with Crippen LogP contribution in [0.3, 0.4) is 0 Å². The van der Waals surface area contributed by atoms with Gasteiger partial charge in [0.15, 0.2) is 0 Å². The molecule has 7 aromatic rings. The van der Waals surface area contributed by atoms with Gasteiger partial charge in [0.1, 0.15) is 0 Å². The van der Waals surface area contributed by atoms with Crippen LogP contribution in [0.5, 0.6) is 0 Å². The Bertz CT molecular complexity index is 2990. The first-order chi connectivity index (χ1) is 29.5. The largest absolute Gasteiger partial charge is 0.309 e. The lowest BCUT2D eigenvalue weighted by Gasteiger charge is -2.47. The lowest BCUT2D eigenvalue weighted by molar-refractivity contribution is 0.660. The molecule has 1 saturated heterocycles. The number of benzene rings is 7. The van der Waals surface area contributed by atoms with E-state index in [0.717, 1.165) is 12.8 Å². The first kappa shape index (κ1) is 35.6. The minimum atomic E-state index is -1.02. The van der Waals surface area contributed by atoms with Crippen molar-refractivity contribution < 1.29 is 0 Å². The molecule has 60 heavy (non-hydrogen) atoms. The Morgan fingerprint density at radius 2 is 1.22 bits per heavy atom. The van der Waals surface area contributed by atoms with E-state index in [-0.39, 0.29) is 5.41 Å². The van der Waals surface area contributed by atoms with E-state index in [1.54, 1.807) is 9.79 Å². The molecule has 0 unspecified atom stereocenters. The summed E-state index contributed by atoms with van der Waals surface area (Å²) < 4.78 is 0. The molecular formula is C57H48N2S. The minimum absolute atomic E-state index is 0.148. The van der Waals surface area contributed by atoms with E-state index in [1.165, 1.54) is 114 Å². The van der Waals surface area contributed by atoms with Gasteiger partial charge >= 0.3 is 0 Å². The van der Waals surface area contributed by atoms with Crippen LogP contribution in [0.4, 0.5) is 28.4 Å². The maximum Gasteiger partial charge on any atom is 0.0586 e. The van der Waals surface area contributed by atoms with E-state index < -0.39 is 10.0 Å². The van der Waals surface area contributed by atoms with E-state index in [1.807, 2.05) is 0 Å². The van der Waals surface area contributed by atoms with E-state index >= 15 is 0 Å². The van der Waals surface area contributed by atoms with Crippen LogP contribution < -0.4 is 9.80 Å². The molecule has 3 aliphatic heterocycles. The number of allylic oxidation sites excluding steroid dienone is 4. The Hall–Kier alpha value is -6.29. The van der Waals surface area contributed by atoms with Gasteiger partial charge in [-0.1, -0.05) is 141 Å². The number of rotatable bonds is 4. The van der Waals surface area contributed by atoms with Gasteiger partial charge in [0.2, 0.25) is 0 Å². The first-order valence-electron chi connectivity index (χ1n) is 21.7. The van der Waals surface area contributed by atoms with E-state index in [0.29, 0.717) is 0 Å². The molecule has 0 aromatic heterocycles. The highest BCUT2D eigenvalue weighted by Crippen LogP contribution is 2.74. The van der Waals surface area contributed by atoms with Crippen LogP contribution in [0, 0.1) is 0 Å². The van der Waals surface area contributed by atoms with Crippen LogP contribution in [0.1, 0.15) is 67.3 Å². The molecular weight excluding hydrogens is 745 g/mol. The Morgan fingerprint density at radius 3 is 2.00 bits per heavy atom. The van der Waals surface area contributed by atoms with Crippen LogP contribution in [-0.2, 0) is 5.41 Å². The van der Waals surface area contributed by atoms with Gasteiger partial charge in [0, 0.05) is 32.0 Å². The molecule has 0 bridgehead atoms. The molecule has 12 rings (SSSR count). The van der Waals surface area contributed by atoms with E-state index in [9.17, 15) is 0 Å². The molecule has 1 fully saturated rings. The summed E-state index contributed by atoms with van der Waals surface area (Å²) in [5, 5.41) is 2.51. The van der Waals surface area contributed by atoms with Crippen molar-refractivity contribution in [2.75, 3.05) is 21.3 Å². The first-order valence-corrected chi connectivity index (χ1v) is 23.7. The molecule has 5 aliphatic rings. The van der Waals surface area contributed by atoms with Crippen LogP contribution in [0.25, 0.3) is 40.1 Å². The van der Waals surface area contributed by atoms with Gasteiger partial charge in [-0.15, -0.1) is 0 Å². The average Bonchev–Trinajstić information content (AvgIpc) is 3.82. The lowest BCUT2D eigenvalue weighted by Crippen LogP contribution is -2.22. The van der Waals surface area contributed by atoms with Crippen LogP contribution in [0.15, 0.2) is 185 Å². The number of fused-ring (bicyclic) bond motifs is 9. The molecule has 0 radical (unpaired) electrons. The van der Waals surface area contributed by atoms with Crippen molar-refractivity contribution in [1.82, 2.24) is 0 Å². The van der Waals surface area contributed by atoms with Gasteiger partial charge in [-0.25, -0.2) is 0 Å². The van der Waals surface area contributed by atoms with Crippen molar-refractivity contribution in [3.63, 3.8) is 0 Å². The van der Waals surface area contributed by atoms with Crippen molar-refractivity contribution >= 4 is 67.5 Å². The zero-order valence-corrected chi connectivity index (χ0v) is 35.2. The van der Waals surface area contributed by atoms with Crippen molar-refractivity contribution in [3.05, 3.63) is 203 Å². The van der Waals surface area contributed by atoms with Crippen LogP contribution in [0.2, 0.25) is 0 Å². The van der Waals surface area contributed by atoms with Gasteiger partial charge in [-0.05, 0) is 142 Å². The molecule has 0 N–H and O–H groups in total. The smallest absolute Gasteiger partial charge is 0.0586 e. The third-order valence-corrected chi connectivity index (χ3v) is 18.3. The van der Waals surface area contributed by atoms with Gasteiger partial charge in [0.05, 0.1) is 22.7 Å². The zero-order chi connectivity index (χ0) is 40.0. The summed E-state index contributed by atoms with van der Waals surface area (Å²) in [7, 11) is -1.02. The van der Waals surface area contributed by atoms with Crippen molar-refractivity contribution in [2.24, 2.45) is 0 Å². The Labute approximate surface area is 355 Å². The van der Waals surface area contributed by atoms with Crippen molar-refractivity contribution in [3.8, 4) is 11.1 Å². The average molecular weight is 793 g/mol. The number of para-hydroxylation sites is 3. The van der Waals surface area contributed by atoms with Crippen molar-refractivity contribution in [2.45, 2.75) is 54.7 Å². The Morgan fingerprint density at radius 1 is 0.550 bits per heavy atom. The number of hydrogen-bond acceptors (Lipinski definition) is 2. The third kappa shape index (κ3) is 5.28. The molecule has 3 heteroatoms. The van der Waals surface area contributed by atoms with Gasteiger partial charge in [-0.2, -0.15) is 10.0 Å². The topological polar surface area (TPSA) is 6.48 Å². The standard InChI is InChI=1S/C57H48N2S/c1-57(2)48-37-39(25-27-40-30-34-52(47-18-6-5-17-44(40)47)59-50-19-7-3-15-41(50)28-29-42-16-4-8-20-51(42)59)26-32-45(48)46-33-31-43(38-49(46)57)58-53-21-9-11-23-55(53)60(35-13-14-36-60)56-24-12-10-22-54(56)58/h3,5-12,15,17-34,37-38H,4,13-14,16,35-36H2,1-2H3. The molecule has 7 aromatic carbocycles. The monoisotopic (exact) mass is 792 g/mol. The number of nitrogens with zero attached hydrogens (tertiary/aromatic N) is 2. The highest BCUT2D eigenvalue weighted by Gasteiger charge is 2.42. The Balaban J connectivity index is 0.898. The van der Waals surface area contributed by atoms with Gasteiger partial charge in [-0.3, -0.25) is 0 Å². The molecule has 1 spiro atoms. The predicted octanol–water partition coefficient (Wildman–Crippen LogP) is 15.9. The maximum atomic E-state index is 2.56. The zero-order valence-electron chi connectivity index (χ0n) is 34.4. The lowest BCUT2D eigenvalue weighted by atomic mass is 9.81. The molecule has 0 amide bonds. The minimum Gasteiger partial charge on any atom is -0.309 e. The summed E-state index contributed by atoms with van der Waals surface area (Å²) in [6.07, 6.45) is 18.7. The fraction of sp³-hybridized carbons (Fsp3) is 0.158. The molecule has 2 aliphatic carbocycles. The Kier molecular flexibility index (Phi) is 8.09. The fourth-order valence-electron chi connectivity index (χ4n) is 11.0. The summed E-state index contributed by atoms with van der Waals surface area (Å²) in [6, 6.07) is 55.3. The summed E-state index contributed by atoms with van der Waals surface area (Å²) in [5.74, 6) is 2.62. The summed E-state index contributed by atoms with van der Waals surface area (Å²) in [6.45, 7) is 4.83. The number of anilines is 5. The number of hydrogen-bond donors (Lipinski definition) is 0. The van der Waals surface area contributed by atoms with Crippen molar-refractivity contribution in [1.29, 1.82) is 0 Å². The highest BCUT2D eigenvalue weighted by molar-refractivity contribution is 8.34. The molecule has 0 atom stereocenters.